The quantitative estimate of drug-likeness (QED) is 0.601. The SMILES string of the molecule is C[C@H](CCC1C(C(=O)N2CCCC2)C1(C)C)NI. The lowest BCUT2D eigenvalue weighted by atomic mass is 10.0. The number of rotatable bonds is 5. The summed E-state index contributed by atoms with van der Waals surface area (Å²) in [6.07, 6.45) is 4.73. The van der Waals surface area contributed by atoms with Crippen LogP contribution in [0, 0.1) is 17.3 Å². The van der Waals surface area contributed by atoms with Gasteiger partial charge in [0, 0.05) is 47.9 Å². The maximum Gasteiger partial charge on any atom is 0.226 e. The fourth-order valence-corrected chi connectivity index (χ4v) is 3.70. The van der Waals surface area contributed by atoms with E-state index in [0.29, 0.717) is 17.9 Å². The molecule has 0 bridgehead atoms. The number of halogens is 1. The molecule has 1 saturated carbocycles. The predicted octanol–water partition coefficient (Wildman–Crippen LogP) is 2.99. The van der Waals surface area contributed by atoms with E-state index in [1.807, 2.05) is 0 Å². The second kappa shape index (κ2) is 5.65. The molecule has 2 aliphatic rings. The van der Waals surface area contributed by atoms with Gasteiger partial charge in [-0.2, -0.15) is 0 Å². The van der Waals surface area contributed by atoms with E-state index in [4.69, 9.17) is 0 Å². The monoisotopic (exact) mass is 364 g/mol. The zero-order valence-corrected chi connectivity index (χ0v) is 13.9. The number of hydrogen-bond donors (Lipinski definition) is 1. The molecule has 4 heteroatoms. The Balaban J connectivity index is 1.87. The van der Waals surface area contributed by atoms with E-state index in [0.717, 1.165) is 13.1 Å². The maximum absolute atomic E-state index is 12.5. The van der Waals surface area contributed by atoms with Crippen LogP contribution in [-0.2, 0) is 4.79 Å². The van der Waals surface area contributed by atoms with Crippen molar-refractivity contribution in [3.63, 3.8) is 0 Å². The van der Waals surface area contributed by atoms with Gasteiger partial charge in [0.2, 0.25) is 5.91 Å². The summed E-state index contributed by atoms with van der Waals surface area (Å²) < 4.78 is 3.25. The average Bonchev–Trinajstić information content (AvgIpc) is 2.75. The van der Waals surface area contributed by atoms with Crippen molar-refractivity contribution in [3.8, 4) is 0 Å². The molecule has 1 saturated heterocycles. The van der Waals surface area contributed by atoms with Crippen molar-refractivity contribution in [2.75, 3.05) is 13.1 Å². The Hall–Kier alpha value is 0.160. The van der Waals surface area contributed by atoms with Gasteiger partial charge in [-0.15, -0.1) is 0 Å². The van der Waals surface area contributed by atoms with Crippen molar-refractivity contribution < 1.29 is 4.79 Å². The van der Waals surface area contributed by atoms with Gasteiger partial charge in [0.1, 0.15) is 0 Å². The molecule has 1 aliphatic carbocycles. The fourth-order valence-electron chi connectivity index (χ4n) is 3.39. The summed E-state index contributed by atoms with van der Waals surface area (Å²) in [6.45, 7) is 8.71. The summed E-state index contributed by atoms with van der Waals surface area (Å²) in [7, 11) is 0. The van der Waals surface area contributed by atoms with E-state index in [1.165, 1.54) is 25.7 Å². The molecule has 2 unspecified atom stereocenters. The average molecular weight is 364 g/mol. The van der Waals surface area contributed by atoms with Crippen LogP contribution in [0.25, 0.3) is 0 Å². The van der Waals surface area contributed by atoms with Crippen molar-refractivity contribution >= 4 is 28.8 Å². The maximum atomic E-state index is 12.5. The van der Waals surface area contributed by atoms with Gasteiger partial charge >= 0.3 is 0 Å². The van der Waals surface area contributed by atoms with Crippen molar-refractivity contribution in [2.24, 2.45) is 17.3 Å². The number of amides is 1. The molecule has 104 valence electrons. The molecule has 0 aromatic rings. The summed E-state index contributed by atoms with van der Waals surface area (Å²) in [5.74, 6) is 1.31. The third-order valence-electron chi connectivity index (χ3n) is 4.83. The molecule has 3 atom stereocenters. The molecule has 0 aromatic carbocycles. The van der Waals surface area contributed by atoms with Crippen molar-refractivity contribution in [3.05, 3.63) is 0 Å². The van der Waals surface area contributed by atoms with Crippen LogP contribution < -0.4 is 3.53 Å². The van der Waals surface area contributed by atoms with Gasteiger partial charge in [0.15, 0.2) is 0 Å². The lowest BCUT2D eigenvalue weighted by Crippen LogP contribution is -2.30. The van der Waals surface area contributed by atoms with Gasteiger partial charge in [-0.3, -0.25) is 8.32 Å². The van der Waals surface area contributed by atoms with Crippen LogP contribution in [0.3, 0.4) is 0 Å². The highest BCUT2D eigenvalue weighted by Crippen LogP contribution is 2.61. The van der Waals surface area contributed by atoms with E-state index in [2.05, 4.69) is 52.1 Å². The zero-order chi connectivity index (χ0) is 13.3. The number of carbonyl (C=O) groups excluding carboxylic acids is 1. The molecular formula is C14H25IN2O. The molecule has 1 heterocycles. The molecule has 18 heavy (non-hydrogen) atoms. The number of nitrogens with zero attached hydrogens (tertiary/aromatic N) is 1. The van der Waals surface area contributed by atoms with Crippen LogP contribution in [0.4, 0.5) is 0 Å². The summed E-state index contributed by atoms with van der Waals surface area (Å²) >= 11 is 2.21. The minimum absolute atomic E-state index is 0.227. The van der Waals surface area contributed by atoms with Crippen LogP contribution in [0.2, 0.25) is 0 Å². The standard InChI is InChI=1S/C14H25IN2O/c1-10(16-15)6-7-11-12(14(11,2)3)13(18)17-8-4-5-9-17/h10-12,16H,4-9H2,1-3H3/t10-,11?,12?/m1/s1. The smallest absolute Gasteiger partial charge is 0.226 e. The molecule has 2 rings (SSSR count). The van der Waals surface area contributed by atoms with E-state index in [-0.39, 0.29) is 11.3 Å². The normalized spacial score (nSPS) is 31.4. The third-order valence-corrected chi connectivity index (χ3v) is 5.89. The zero-order valence-electron chi connectivity index (χ0n) is 11.7. The van der Waals surface area contributed by atoms with Crippen LogP contribution in [0.5, 0.6) is 0 Å². The fraction of sp³-hybridized carbons (Fsp3) is 0.929. The van der Waals surface area contributed by atoms with Crippen molar-refractivity contribution in [1.29, 1.82) is 0 Å². The topological polar surface area (TPSA) is 32.3 Å². The molecule has 2 fully saturated rings. The van der Waals surface area contributed by atoms with Gasteiger partial charge in [-0.1, -0.05) is 13.8 Å². The number of hydrogen-bond acceptors (Lipinski definition) is 2. The molecule has 3 nitrogen and oxygen atoms in total. The highest BCUT2D eigenvalue weighted by molar-refractivity contribution is 14.1. The largest absolute Gasteiger partial charge is 0.342 e. The Labute approximate surface area is 125 Å². The molecule has 1 aliphatic heterocycles. The summed E-state index contributed by atoms with van der Waals surface area (Å²) in [5.41, 5.74) is 0.227. The first-order chi connectivity index (χ1) is 8.48. The molecule has 0 radical (unpaired) electrons. The van der Waals surface area contributed by atoms with Crippen LogP contribution in [0.15, 0.2) is 0 Å². The minimum atomic E-state index is 0.227. The second-order valence-electron chi connectivity index (χ2n) is 6.53. The molecule has 1 amide bonds. The Morgan fingerprint density at radius 1 is 1.44 bits per heavy atom. The van der Waals surface area contributed by atoms with E-state index >= 15 is 0 Å². The Bertz CT molecular complexity index is 313. The van der Waals surface area contributed by atoms with Crippen molar-refractivity contribution in [1.82, 2.24) is 8.43 Å². The molecule has 0 aromatic heterocycles. The minimum Gasteiger partial charge on any atom is -0.342 e. The van der Waals surface area contributed by atoms with Gasteiger partial charge in [0.25, 0.3) is 0 Å². The highest BCUT2D eigenvalue weighted by Gasteiger charge is 2.61. The van der Waals surface area contributed by atoms with Gasteiger partial charge in [-0.05, 0) is 43.9 Å². The molecule has 1 N–H and O–H groups in total. The highest BCUT2D eigenvalue weighted by atomic mass is 127. The van der Waals surface area contributed by atoms with Gasteiger partial charge in [-0.25, -0.2) is 0 Å². The van der Waals surface area contributed by atoms with Gasteiger partial charge < -0.3 is 4.90 Å². The predicted molar refractivity (Wildman–Crippen MR) is 82.4 cm³/mol. The first-order valence-corrected chi connectivity index (χ1v) is 8.21. The Morgan fingerprint density at radius 3 is 2.61 bits per heavy atom. The van der Waals surface area contributed by atoms with Crippen molar-refractivity contribution in [2.45, 2.75) is 52.5 Å². The first-order valence-electron chi connectivity index (χ1n) is 7.13. The molecular weight excluding hydrogens is 339 g/mol. The van der Waals surface area contributed by atoms with Gasteiger partial charge in [0.05, 0.1) is 0 Å². The lowest BCUT2D eigenvalue weighted by Gasteiger charge is -2.16. The molecule has 0 spiro atoms. The Kier molecular flexibility index (Phi) is 4.57. The lowest BCUT2D eigenvalue weighted by molar-refractivity contribution is -0.132. The number of nitrogens with one attached hydrogen (secondary N) is 1. The van der Waals surface area contributed by atoms with E-state index in [9.17, 15) is 4.79 Å². The van der Waals surface area contributed by atoms with Crippen LogP contribution >= 0.6 is 22.9 Å². The summed E-state index contributed by atoms with van der Waals surface area (Å²) in [5, 5.41) is 0. The second-order valence-corrected chi connectivity index (χ2v) is 7.15. The van der Waals surface area contributed by atoms with Crippen LogP contribution in [0.1, 0.15) is 46.5 Å². The summed E-state index contributed by atoms with van der Waals surface area (Å²) in [4.78, 5) is 14.5. The first kappa shape index (κ1) is 14.6. The Morgan fingerprint density at radius 2 is 2.06 bits per heavy atom. The number of likely N-dealkylation sites (tertiary alicyclic amines) is 1. The van der Waals surface area contributed by atoms with E-state index in [1.54, 1.807) is 0 Å². The number of carbonyl (C=O) groups is 1. The summed E-state index contributed by atoms with van der Waals surface area (Å²) in [6, 6.07) is 0.546. The van der Waals surface area contributed by atoms with E-state index < -0.39 is 0 Å². The van der Waals surface area contributed by atoms with Crippen LogP contribution in [-0.4, -0.2) is 29.9 Å². The third kappa shape index (κ3) is 2.84.